The molecule has 9 nitrogen and oxygen atoms in total. The number of hydrogen-bond acceptors (Lipinski definition) is 7. The van der Waals surface area contributed by atoms with Crippen LogP contribution in [0.15, 0.2) is 48.5 Å². The number of hydrogen-bond donors (Lipinski definition) is 1. The first-order valence-electron chi connectivity index (χ1n) is 10.9. The van der Waals surface area contributed by atoms with E-state index >= 15 is 0 Å². The molecule has 1 heterocycles. The van der Waals surface area contributed by atoms with Crippen molar-refractivity contribution in [3.8, 4) is 0 Å². The van der Waals surface area contributed by atoms with E-state index in [9.17, 15) is 24.0 Å². The lowest BCUT2D eigenvalue weighted by Gasteiger charge is -2.25. The number of amides is 3. The highest BCUT2D eigenvalue weighted by Gasteiger charge is 2.43. The largest absolute Gasteiger partial charge is 0.462 e. The number of ether oxygens (including phenoxy) is 2. The molecule has 1 atom stereocenters. The number of imide groups is 1. The number of nitrogens with zero attached hydrogens (tertiary/aromatic N) is 1. The summed E-state index contributed by atoms with van der Waals surface area (Å²) in [6, 6.07) is 11.3. The Balaban J connectivity index is 1.63. The Kier molecular flexibility index (Phi) is 7.78. The number of carbonyl (C=O) groups is 5. The molecule has 34 heavy (non-hydrogen) atoms. The summed E-state index contributed by atoms with van der Waals surface area (Å²) in [5, 5.41) is 2.56. The van der Waals surface area contributed by atoms with Gasteiger partial charge in [0.15, 0.2) is 6.61 Å². The molecule has 0 aromatic heterocycles. The molecule has 0 fully saturated rings. The molecule has 178 valence electrons. The average molecular weight is 466 g/mol. The van der Waals surface area contributed by atoms with Gasteiger partial charge < -0.3 is 14.8 Å². The van der Waals surface area contributed by atoms with Gasteiger partial charge in [0.2, 0.25) is 0 Å². The highest BCUT2D eigenvalue weighted by molar-refractivity contribution is 6.22. The third kappa shape index (κ3) is 5.48. The van der Waals surface area contributed by atoms with E-state index in [1.165, 1.54) is 36.4 Å². The number of anilines is 1. The summed E-state index contributed by atoms with van der Waals surface area (Å²) in [5.41, 5.74) is 1.20. The van der Waals surface area contributed by atoms with E-state index in [4.69, 9.17) is 9.47 Å². The first-order valence-corrected chi connectivity index (χ1v) is 10.9. The summed E-state index contributed by atoms with van der Waals surface area (Å²) in [4.78, 5) is 63.4. The second kappa shape index (κ2) is 10.7. The van der Waals surface area contributed by atoms with Crippen LogP contribution < -0.4 is 5.32 Å². The zero-order valence-corrected chi connectivity index (χ0v) is 19.2. The number of fused-ring (bicyclic) bond motifs is 1. The number of nitrogens with one attached hydrogen (secondary N) is 1. The van der Waals surface area contributed by atoms with Gasteiger partial charge in [0, 0.05) is 5.69 Å². The molecule has 0 saturated carbocycles. The molecule has 2 aromatic rings. The quantitative estimate of drug-likeness (QED) is 0.446. The smallest absolute Gasteiger partial charge is 0.338 e. The van der Waals surface area contributed by atoms with Gasteiger partial charge in [0.1, 0.15) is 6.04 Å². The molecule has 9 heteroatoms. The molecular weight excluding hydrogens is 440 g/mol. The van der Waals surface area contributed by atoms with Crippen molar-refractivity contribution in [2.24, 2.45) is 5.92 Å². The normalized spacial score (nSPS) is 13.5. The Bertz CT molecular complexity index is 1070. The van der Waals surface area contributed by atoms with Gasteiger partial charge in [0.25, 0.3) is 17.7 Å². The summed E-state index contributed by atoms with van der Waals surface area (Å²) in [7, 11) is 0. The summed E-state index contributed by atoms with van der Waals surface area (Å²) in [6.07, 6.45) is 0.196. The number of benzene rings is 2. The molecule has 1 N–H and O–H groups in total. The Hall–Kier alpha value is -4.01. The van der Waals surface area contributed by atoms with Crippen molar-refractivity contribution >= 4 is 35.3 Å². The van der Waals surface area contributed by atoms with Crippen LogP contribution in [-0.4, -0.2) is 53.8 Å². The molecule has 0 spiro atoms. The molecule has 0 radical (unpaired) electrons. The molecule has 2 aromatic carbocycles. The molecular formula is C25H26N2O7. The third-order valence-corrected chi connectivity index (χ3v) is 5.13. The molecule has 3 rings (SSSR count). The second-order valence-electron chi connectivity index (χ2n) is 8.12. The van der Waals surface area contributed by atoms with Gasteiger partial charge in [-0.25, -0.2) is 9.59 Å². The summed E-state index contributed by atoms with van der Waals surface area (Å²) in [6.45, 7) is 5.06. The number of rotatable bonds is 9. The van der Waals surface area contributed by atoms with Gasteiger partial charge in [-0.3, -0.25) is 19.3 Å². The van der Waals surface area contributed by atoms with Crippen LogP contribution in [0.4, 0.5) is 5.69 Å². The van der Waals surface area contributed by atoms with Crippen molar-refractivity contribution < 1.29 is 33.4 Å². The van der Waals surface area contributed by atoms with E-state index in [-0.39, 0.29) is 30.1 Å². The van der Waals surface area contributed by atoms with Gasteiger partial charge in [-0.1, -0.05) is 26.0 Å². The van der Waals surface area contributed by atoms with E-state index in [0.717, 1.165) is 4.90 Å². The van der Waals surface area contributed by atoms with Crippen molar-refractivity contribution in [2.45, 2.75) is 33.2 Å². The first kappa shape index (κ1) is 24.6. The van der Waals surface area contributed by atoms with Gasteiger partial charge in [-0.15, -0.1) is 0 Å². The zero-order valence-electron chi connectivity index (χ0n) is 19.2. The predicted molar refractivity (Wildman–Crippen MR) is 122 cm³/mol. The minimum absolute atomic E-state index is 0.0198. The predicted octanol–water partition coefficient (Wildman–Crippen LogP) is 3.06. The second-order valence-corrected chi connectivity index (χ2v) is 8.12. The van der Waals surface area contributed by atoms with Crippen LogP contribution in [0.25, 0.3) is 0 Å². The zero-order chi connectivity index (χ0) is 24.8. The molecule has 1 aliphatic heterocycles. The monoisotopic (exact) mass is 466 g/mol. The van der Waals surface area contributed by atoms with Gasteiger partial charge in [-0.05, 0) is 55.7 Å². The fraction of sp³-hybridized carbons (Fsp3) is 0.320. The molecule has 3 amide bonds. The maximum atomic E-state index is 12.8. The molecule has 0 aliphatic carbocycles. The third-order valence-electron chi connectivity index (χ3n) is 5.13. The standard InChI is InChI=1S/C25H26N2O7/c1-4-33-24(31)16-9-11-17(12-10-16)26-21(28)14-34-25(32)20(13-15(2)3)27-22(29)18-7-5-6-8-19(18)23(27)30/h5-12,15,20H,4,13-14H2,1-3H3,(H,26,28). The lowest BCUT2D eigenvalue weighted by molar-refractivity contribution is -0.151. The Morgan fingerprint density at radius 2 is 1.50 bits per heavy atom. The fourth-order valence-corrected chi connectivity index (χ4v) is 3.58. The lowest BCUT2D eigenvalue weighted by atomic mass is 10.0. The minimum atomic E-state index is -1.15. The van der Waals surface area contributed by atoms with Crippen LogP contribution >= 0.6 is 0 Å². The Labute approximate surface area is 197 Å². The Morgan fingerprint density at radius 3 is 2.03 bits per heavy atom. The van der Waals surface area contributed by atoms with Crippen LogP contribution in [0, 0.1) is 5.92 Å². The SMILES string of the molecule is CCOC(=O)c1ccc(NC(=O)COC(=O)C(CC(C)C)N2C(=O)c3ccccc3C2=O)cc1. The highest BCUT2D eigenvalue weighted by Crippen LogP contribution is 2.27. The van der Waals surface area contributed by atoms with Crippen molar-refractivity contribution in [2.75, 3.05) is 18.5 Å². The maximum absolute atomic E-state index is 12.8. The minimum Gasteiger partial charge on any atom is -0.462 e. The first-order chi connectivity index (χ1) is 16.2. The molecule has 0 bridgehead atoms. The van der Waals surface area contributed by atoms with Crippen LogP contribution in [0.1, 0.15) is 58.3 Å². The maximum Gasteiger partial charge on any atom is 0.338 e. The van der Waals surface area contributed by atoms with Crippen molar-refractivity contribution in [1.82, 2.24) is 4.90 Å². The van der Waals surface area contributed by atoms with Crippen LogP contribution in [0.2, 0.25) is 0 Å². The van der Waals surface area contributed by atoms with Crippen LogP contribution in [0.3, 0.4) is 0 Å². The van der Waals surface area contributed by atoms with Gasteiger partial charge in [0.05, 0.1) is 23.3 Å². The number of carbonyl (C=O) groups excluding carboxylic acids is 5. The molecule has 1 unspecified atom stereocenters. The van der Waals surface area contributed by atoms with Crippen molar-refractivity contribution in [3.63, 3.8) is 0 Å². The summed E-state index contributed by atoms with van der Waals surface area (Å²) >= 11 is 0. The van der Waals surface area contributed by atoms with E-state index in [0.29, 0.717) is 11.3 Å². The van der Waals surface area contributed by atoms with Crippen LogP contribution in [-0.2, 0) is 19.1 Å². The number of esters is 2. The molecule has 1 aliphatic rings. The van der Waals surface area contributed by atoms with E-state index in [2.05, 4.69) is 5.32 Å². The summed E-state index contributed by atoms with van der Waals surface area (Å²) < 4.78 is 10.1. The molecule has 0 saturated heterocycles. The van der Waals surface area contributed by atoms with Crippen LogP contribution in [0.5, 0.6) is 0 Å². The van der Waals surface area contributed by atoms with Gasteiger partial charge in [-0.2, -0.15) is 0 Å². The lowest BCUT2D eigenvalue weighted by Crippen LogP contribution is -2.46. The Morgan fingerprint density at radius 1 is 0.912 bits per heavy atom. The topological polar surface area (TPSA) is 119 Å². The van der Waals surface area contributed by atoms with Crippen molar-refractivity contribution in [3.05, 3.63) is 65.2 Å². The van der Waals surface area contributed by atoms with Crippen molar-refractivity contribution in [1.29, 1.82) is 0 Å². The average Bonchev–Trinajstić information content (AvgIpc) is 3.06. The van der Waals surface area contributed by atoms with E-state index in [1.807, 2.05) is 13.8 Å². The summed E-state index contributed by atoms with van der Waals surface area (Å²) in [5.74, 6) is -3.06. The fourth-order valence-electron chi connectivity index (χ4n) is 3.58. The van der Waals surface area contributed by atoms with E-state index in [1.54, 1.807) is 19.1 Å². The van der Waals surface area contributed by atoms with E-state index < -0.39 is 42.3 Å². The van der Waals surface area contributed by atoms with Gasteiger partial charge >= 0.3 is 11.9 Å². The highest BCUT2D eigenvalue weighted by atomic mass is 16.5.